The molecule has 1 aromatic rings. The predicted octanol–water partition coefficient (Wildman–Crippen LogP) is 3.47. The molecular weight excluding hydrogens is 210 g/mol. The second kappa shape index (κ2) is 4.60. The summed E-state index contributed by atoms with van der Waals surface area (Å²) >= 11 is 6.14. The summed E-state index contributed by atoms with van der Waals surface area (Å²) in [5, 5.41) is 0. The van der Waals surface area contributed by atoms with Crippen molar-refractivity contribution < 1.29 is 0 Å². The minimum absolute atomic E-state index is 0.718. The number of hydrogen-bond acceptors (Lipinski definition) is 3. The first kappa shape index (κ1) is 10.4. The summed E-state index contributed by atoms with van der Waals surface area (Å²) in [6.07, 6.45) is 2.66. The third-order valence-corrected chi connectivity index (χ3v) is 4.11. The molecule has 76 valence electrons. The maximum atomic E-state index is 4.28. The molecule has 0 aromatic heterocycles. The van der Waals surface area contributed by atoms with Gasteiger partial charge in [-0.2, -0.15) is 0 Å². The van der Waals surface area contributed by atoms with E-state index in [0.29, 0.717) is 0 Å². The van der Waals surface area contributed by atoms with Crippen LogP contribution in [0.1, 0.15) is 19.8 Å². The Morgan fingerprint density at radius 3 is 2.64 bits per heavy atom. The van der Waals surface area contributed by atoms with Crippen LogP contribution in [0.5, 0.6) is 0 Å². The van der Waals surface area contributed by atoms with Crippen molar-refractivity contribution in [3.63, 3.8) is 0 Å². The highest BCUT2D eigenvalue weighted by Gasteiger charge is 2.20. The molecule has 0 amide bonds. The largest absolute Gasteiger partial charge is 0.244 e. The van der Waals surface area contributed by atoms with E-state index in [9.17, 15) is 0 Å². The zero-order chi connectivity index (χ0) is 9.97. The van der Waals surface area contributed by atoms with Gasteiger partial charge in [0.1, 0.15) is 0 Å². The van der Waals surface area contributed by atoms with E-state index in [4.69, 9.17) is 0 Å². The lowest BCUT2D eigenvalue weighted by Gasteiger charge is -2.19. The molecule has 2 rings (SSSR count). The number of nitrogens with zero attached hydrogens (tertiary/aromatic N) is 1. The molecule has 0 N–H and O–H groups in total. The predicted molar refractivity (Wildman–Crippen MR) is 65.0 cm³/mol. The Hall–Kier alpha value is -0.120. The Balaban J connectivity index is 2.00. The molecule has 3 heteroatoms. The molecule has 0 aliphatic carbocycles. The van der Waals surface area contributed by atoms with E-state index < -0.39 is 0 Å². The van der Waals surface area contributed by atoms with Gasteiger partial charge in [0.05, 0.1) is 0 Å². The monoisotopic (exact) mass is 225 g/mol. The van der Waals surface area contributed by atoms with Crippen molar-refractivity contribution in [3.8, 4) is 0 Å². The zero-order valence-corrected chi connectivity index (χ0v) is 10.0. The van der Waals surface area contributed by atoms with Gasteiger partial charge in [0.15, 0.2) is 0 Å². The molecule has 1 atom stereocenters. The Bertz CT molecular complexity index is 297. The minimum Gasteiger partial charge on any atom is -0.244 e. The van der Waals surface area contributed by atoms with Gasteiger partial charge >= 0.3 is 0 Å². The fourth-order valence-electron chi connectivity index (χ4n) is 1.68. The molecule has 0 saturated carbocycles. The van der Waals surface area contributed by atoms with Gasteiger partial charge in [-0.1, -0.05) is 0 Å². The van der Waals surface area contributed by atoms with Crippen LogP contribution in [-0.4, -0.2) is 16.9 Å². The first-order valence-electron chi connectivity index (χ1n) is 4.99. The van der Waals surface area contributed by atoms with Crippen LogP contribution in [0.3, 0.4) is 0 Å². The van der Waals surface area contributed by atoms with E-state index in [-0.39, 0.29) is 0 Å². The summed E-state index contributed by atoms with van der Waals surface area (Å²) in [5.74, 6) is 0. The quantitative estimate of drug-likeness (QED) is 0.606. The molecule has 0 radical (unpaired) electrons. The highest BCUT2D eigenvalue weighted by Crippen LogP contribution is 2.30. The lowest BCUT2D eigenvalue weighted by Crippen LogP contribution is -2.18. The summed E-state index contributed by atoms with van der Waals surface area (Å²) < 4.78 is 2.47. The van der Waals surface area contributed by atoms with Crippen molar-refractivity contribution in [2.75, 3.05) is 6.54 Å². The van der Waals surface area contributed by atoms with Crippen molar-refractivity contribution in [2.45, 2.75) is 35.6 Å². The standard InChI is InChI=1S/C11H15NS2/c1-9-3-2-8-12(9)14-11-6-4-10(13)5-7-11/h4-7,9,13H,2-3,8H2,1H3. The van der Waals surface area contributed by atoms with Crippen LogP contribution >= 0.6 is 24.6 Å². The van der Waals surface area contributed by atoms with Gasteiger partial charge < -0.3 is 0 Å². The highest BCUT2D eigenvalue weighted by molar-refractivity contribution is 7.97. The second-order valence-corrected chi connectivity index (χ2v) is 5.36. The molecule has 1 heterocycles. The van der Waals surface area contributed by atoms with Gasteiger partial charge in [-0.3, -0.25) is 0 Å². The summed E-state index contributed by atoms with van der Waals surface area (Å²) in [5.41, 5.74) is 0. The molecular formula is C11H15NS2. The summed E-state index contributed by atoms with van der Waals surface area (Å²) in [4.78, 5) is 2.35. The van der Waals surface area contributed by atoms with Gasteiger partial charge in [-0.05, 0) is 56.0 Å². The fraction of sp³-hybridized carbons (Fsp3) is 0.455. The van der Waals surface area contributed by atoms with E-state index in [1.807, 2.05) is 24.1 Å². The van der Waals surface area contributed by atoms with Crippen LogP contribution in [0.15, 0.2) is 34.1 Å². The lowest BCUT2D eigenvalue weighted by molar-refractivity contribution is 0.467. The molecule has 0 bridgehead atoms. The first-order valence-corrected chi connectivity index (χ1v) is 6.21. The van der Waals surface area contributed by atoms with Gasteiger partial charge in [0.25, 0.3) is 0 Å². The SMILES string of the molecule is CC1CCCN1Sc1ccc(S)cc1. The van der Waals surface area contributed by atoms with E-state index >= 15 is 0 Å². The van der Waals surface area contributed by atoms with Crippen molar-refractivity contribution in [1.82, 2.24) is 4.31 Å². The molecule has 1 fully saturated rings. The van der Waals surface area contributed by atoms with Crippen LogP contribution in [0.4, 0.5) is 0 Å². The Kier molecular flexibility index (Phi) is 3.42. The van der Waals surface area contributed by atoms with Crippen molar-refractivity contribution in [3.05, 3.63) is 24.3 Å². The smallest absolute Gasteiger partial charge is 0.0231 e. The highest BCUT2D eigenvalue weighted by atomic mass is 32.2. The van der Waals surface area contributed by atoms with E-state index in [0.717, 1.165) is 10.9 Å². The second-order valence-electron chi connectivity index (χ2n) is 3.72. The summed E-state index contributed by atoms with van der Waals surface area (Å²) in [6, 6.07) is 9.09. The van der Waals surface area contributed by atoms with Crippen LogP contribution in [-0.2, 0) is 0 Å². The van der Waals surface area contributed by atoms with Crippen LogP contribution in [0, 0.1) is 0 Å². The third kappa shape index (κ3) is 2.47. The van der Waals surface area contributed by atoms with Crippen LogP contribution in [0.2, 0.25) is 0 Å². The lowest BCUT2D eigenvalue weighted by atomic mass is 10.3. The van der Waals surface area contributed by atoms with Gasteiger partial charge in [-0.15, -0.1) is 12.6 Å². The zero-order valence-electron chi connectivity index (χ0n) is 8.31. The Labute approximate surface area is 95.4 Å². The number of benzene rings is 1. The molecule has 0 spiro atoms. The van der Waals surface area contributed by atoms with Gasteiger partial charge in [0, 0.05) is 22.4 Å². The molecule has 1 saturated heterocycles. The molecule has 1 aliphatic heterocycles. The fourth-order valence-corrected chi connectivity index (χ4v) is 2.87. The van der Waals surface area contributed by atoms with E-state index in [2.05, 4.69) is 36.0 Å². The average Bonchev–Trinajstić information content (AvgIpc) is 2.56. The summed E-state index contributed by atoms with van der Waals surface area (Å²) in [6.45, 7) is 3.52. The van der Waals surface area contributed by atoms with Crippen molar-refractivity contribution >= 4 is 24.6 Å². The minimum atomic E-state index is 0.718. The molecule has 1 aromatic carbocycles. The Morgan fingerprint density at radius 2 is 2.07 bits per heavy atom. The normalized spacial score (nSPS) is 22.9. The molecule has 1 unspecified atom stereocenters. The van der Waals surface area contributed by atoms with E-state index in [1.165, 1.54) is 24.3 Å². The molecule has 14 heavy (non-hydrogen) atoms. The number of hydrogen-bond donors (Lipinski definition) is 1. The number of rotatable bonds is 2. The molecule has 1 nitrogen and oxygen atoms in total. The molecule has 1 aliphatic rings. The van der Waals surface area contributed by atoms with E-state index in [1.54, 1.807) is 0 Å². The number of thiol groups is 1. The summed E-state index contributed by atoms with van der Waals surface area (Å²) in [7, 11) is 0. The average molecular weight is 225 g/mol. The topological polar surface area (TPSA) is 3.24 Å². The first-order chi connectivity index (χ1) is 6.75. The third-order valence-electron chi connectivity index (χ3n) is 2.55. The van der Waals surface area contributed by atoms with Crippen molar-refractivity contribution in [1.29, 1.82) is 0 Å². The van der Waals surface area contributed by atoms with Gasteiger partial charge in [0.2, 0.25) is 0 Å². The maximum absolute atomic E-state index is 4.28. The maximum Gasteiger partial charge on any atom is 0.0231 e. The Morgan fingerprint density at radius 1 is 1.36 bits per heavy atom. The van der Waals surface area contributed by atoms with Crippen LogP contribution < -0.4 is 0 Å². The van der Waals surface area contributed by atoms with Gasteiger partial charge in [-0.25, -0.2) is 4.31 Å². The van der Waals surface area contributed by atoms with Crippen molar-refractivity contribution in [2.24, 2.45) is 0 Å². The van der Waals surface area contributed by atoms with Crippen LogP contribution in [0.25, 0.3) is 0 Å².